The number of aliphatic hydroxyl groups excluding tert-OH is 1. The van der Waals surface area contributed by atoms with E-state index >= 15 is 0 Å². The predicted octanol–water partition coefficient (Wildman–Crippen LogP) is 2.49. The highest BCUT2D eigenvalue weighted by molar-refractivity contribution is 5.45. The number of rotatable bonds is 7. The molecule has 2 N–H and O–H groups in total. The number of aromatic nitrogens is 2. The summed E-state index contributed by atoms with van der Waals surface area (Å²) < 4.78 is 7.73. The average Bonchev–Trinajstić information content (AvgIpc) is 2.81. The Balaban J connectivity index is 1.71. The topological polar surface area (TPSA) is 59.3 Å². The van der Waals surface area contributed by atoms with Crippen LogP contribution < -0.4 is 5.32 Å². The molecule has 3 unspecified atom stereocenters. The van der Waals surface area contributed by atoms with Crippen LogP contribution in [0.3, 0.4) is 0 Å². The Morgan fingerprint density at radius 3 is 2.90 bits per heavy atom. The fourth-order valence-electron chi connectivity index (χ4n) is 3.15. The number of hydrogen-bond acceptors (Lipinski definition) is 4. The lowest BCUT2D eigenvalue weighted by Gasteiger charge is -2.31. The van der Waals surface area contributed by atoms with Crippen LogP contribution in [0, 0.1) is 12.8 Å². The SMILES string of the molecule is CCC1CCCCC1OCC(O)CNc1cn(C)nc1C. The maximum absolute atomic E-state index is 10.1. The second-order valence-electron chi connectivity index (χ2n) is 6.16. The van der Waals surface area contributed by atoms with Crippen molar-refractivity contribution < 1.29 is 9.84 Å². The number of nitrogens with one attached hydrogen (secondary N) is 1. The third-order valence-electron chi connectivity index (χ3n) is 4.41. The third kappa shape index (κ3) is 4.71. The van der Waals surface area contributed by atoms with E-state index in [9.17, 15) is 5.11 Å². The van der Waals surface area contributed by atoms with Gasteiger partial charge >= 0.3 is 0 Å². The van der Waals surface area contributed by atoms with Crippen molar-refractivity contribution in [2.45, 2.75) is 58.2 Å². The molecule has 1 fully saturated rings. The minimum Gasteiger partial charge on any atom is -0.389 e. The highest BCUT2D eigenvalue weighted by Crippen LogP contribution is 2.29. The highest BCUT2D eigenvalue weighted by Gasteiger charge is 2.24. The summed E-state index contributed by atoms with van der Waals surface area (Å²) in [6.07, 6.45) is 7.94. The Bertz CT molecular complexity index is 433. The van der Waals surface area contributed by atoms with Crippen LogP contribution in [0.15, 0.2) is 6.20 Å². The summed E-state index contributed by atoms with van der Waals surface area (Å²) in [5, 5.41) is 17.6. The van der Waals surface area contributed by atoms with Crippen molar-refractivity contribution in [3.8, 4) is 0 Å². The Labute approximate surface area is 127 Å². The molecule has 120 valence electrons. The van der Waals surface area contributed by atoms with E-state index in [1.165, 1.54) is 25.7 Å². The first-order chi connectivity index (χ1) is 10.1. The molecule has 1 aromatic heterocycles. The first-order valence-corrected chi connectivity index (χ1v) is 8.14. The Morgan fingerprint density at radius 1 is 1.48 bits per heavy atom. The molecule has 0 radical (unpaired) electrons. The molecule has 1 aliphatic rings. The van der Waals surface area contributed by atoms with E-state index in [2.05, 4.69) is 17.3 Å². The molecule has 3 atom stereocenters. The molecular formula is C16H29N3O2. The fraction of sp³-hybridized carbons (Fsp3) is 0.812. The maximum Gasteiger partial charge on any atom is 0.0945 e. The van der Waals surface area contributed by atoms with Crippen LogP contribution in [0.1, 0.15) is 44.7 Å². The monoisotopic (exact) mass is 295 g/mol. The molecule has 21 heavy (non-hydrogen) atoms. The van der Waals surface area contributed by atoms with Crippen molar-refractivity contribution in [3.63, 3.8) is 0 Å². The molecule has 1 saturated carbocycles. The van der Waals surface area contributed by atoms with Crippen LogP contribution in [-0.4, -0.2) is 40.2 Å². The standard InChI is InChI=1S/C16H29N3O2/c1-4-13-7-5-6-8-16(13)21-11-14(20)9-17-15-10-19(3)18-12(15)2/h10,13-14,16-17,20H,4-9,11H2,1-3H3. The van der Waals surface area contributed by atoms with Crippen molar-refractivity contribution >= 4 is 5.69 Å². The van der Waals surface area contributed by atoms with E-state index in [1.54, 1.807) is 4.68 Å². The van der Waals surface area contributed by atoms with E-state index in [-0.39, 0.29) is 0 Å². The normalized spacial score (nSPS) is 24.0. The number of ether oxygens (including phenoxy) is 1. The van der Waals surface area contributed by atoms with Gasteiger partial charge in [-0.25, -0.2) is 0 Å². The van der Waals surface area contributed by atoms with Crippen LogP contribution in [0.5, 0.6) is 0 Å². The lowest BCUT2D eigenvalue weighted by molar-refractivity contribution is -0.0473. The van der Waals surface area contributed by atoms with Gasteiger partial charge in [0.25, 0.3) is 0 Å². The second-order valence-corrected chi connectivity index (χ2v) is 6.16. The highest BCUT2D eigenvalue weighted by atomic mass is 16.5. The van der Waals surface area contributed by atoms with Gasteiger partial charge in [-0.1, -0.05) is 26.2 Å². The summed E-state index contributed by atoms with van der Waals surface area (Å²) in [6.45, 7) is 5.10. The van der Waals surface area contributed by atoms with Gasteiger partial charge in [-0.2, -0.15) is 5.10 Å². The van der Waals surface area contributed by atoms with Gasteiger partial charge in [0.2, 0.25) is 0 Å². The van der Waals surface area contributed by atoms with E-state index in [1.807, 2.05) is 20.2 Å². The van der Waals surface area contributed by atoms with E-state index in [4.69, 9.17) is 4.74 Å². The molecule has 1 heterocycles. The molecule has 5 heteroatoms. The van der Waals surface area contributed by atoms with Crippen LogP contribution >= 0.6 is 0 Å². The summed E-state index contributed by atoms with van der Waals surface area (Å²) in [7, 11) is 1.89. The summed E-state index contributed by atoms with van der Waals surface area (Å²) in [4.78, 5) is 0. The number of anilines is 1. The summed E-state index contributed by atoms with van der Waals surface area (Å²) in [6, 6.07) is 0. The fourth-order valence-corrected chi connectivity index (χ4v) is 3.15. The Hall–Kier alpha value is -1.07. The molecule has 0 bridgehead atoms. The van der Waals surface area contributed by atoms with Gasteiger partial charge in [0.05, 0.1) is 30.2 Å². The van der Waals surface area contributed by atoms with Gasteiger partial charge in [-0.3, -0.25) is 4.68 Å². The molecule has 0 amide bonds. The number of aliphatic hydroxyl groups is 1. The van der Waals surface area contributed by atoms with Gasteiger partial charge in [0.1, 0.15) is 0 Å². The second kappa shape index (κ2) is 7.80. The van der Waals surface area contributed by atoms with Gasteiger partial charge in [0, 0.05) is 19.8 Å². The van der Waals surface area contributed by atoms with Gasteiger partial charge < -0.3 is 15.2 Å². The summed E-state index contributed by atoms with van der Waals surface area (Å²) in [5.74, 6) is 0.666. The molecule has 0 saturated heterocycles. The van der Waals surface area contributed by atoms with Crippen LogP contribution in [0.4, 0.5) is 5.69 Å². The van der Waals surface area contributed by atoms with Crippen molar-refractivity contribution in [3.05, 3.63) is 11.9 Å². The molecular weight excluding hydrogens is 266 g/mol. The molecule has 2 rings (SSSR count). The molecule has 5 nitrogen and oxygen atoms in total. The van der Waals surface area contributed by atoms with Crippen LogP contribution in [-0.2, 0) is 11.8 Å². The van der Waals surface area contributed by atoms with Crippen molar-refractivity contribution in [1.82, 2.24) is 9.78 Å². The zero-order valence-electron chi connectivity index (χ0n) is 13.5. The molecule has 0 aliphatic heterocycles. The molecule has 0 aromatic carbocycles. The first-order valence-electron chi connectivity index (χ1n) is 8.14. The lowest BCUT2D eigenvalue weighted by Crippen LogP contribution is -2.33. The quantitative estimate of drug-likeness (QED) is 0.811. The largest absolute Gasteiger partial charge is 0.389 e. The van der Waals surface area contributed by atoms with Crippen molar-refractivity contribution in [2.75, 3.05) is 18.5 Å². The number of aryl methyl sites for hydroxylation is 2. The van der Waals surface area contributed by atoms with Crippen LogP contribution in [0.2, 0.25) is 0 Å². The smallest absolute Gasteiger partial charge is 0.0945 e. The van der Waals surface area contributed by atoms with E-state index in [0.717, 1.165) is 17.8 Å². The zero-order chi connectivity index (χ0) is 15.2. The van der Waals surface area contributed by atoms with E-state index < -0.39 is 6.10 Å². The Morgan fingerprint density at radius 2 is 2.24 bits per heavy atom. The molecule has 1 aliphatic carbocycles. The summed E-state index contributed by atoms with van der Waals surface area (Å²) >= 11 is 0. The van der Waals surface area contributed by atoms with Crippen LogP contribution in [0.25, 0.3) is 0 Å². The van der Waals surface area contributed by atoms with Crippen molar-refractivity contribution in [2.24, 2.45) is 13.0 Å². The van der Waals surface area contributed by atoms with Gasteiger partial charge in [-0.15, -0.1) is 0 Å². The number of nitrogens with zero attached hydrogens (tertiary/aromatic N) is 2. The minimum atomic E-state index is -0.482. The first kappa shape index (κ1) is 16.3. The zero-order valence-corrected chi connectivity index (χ0v) is 13.5. The van der Waals surface area contributed by atoms with E-state index in [0.29, 0.717) is 25.2 Å². The number of hydrogen-bond donors (Lipinski definition) is 2. The Kier molecular flexibility index (Phi) is 6.06. The minimum absolute atomic E-state index is 0.332. The van der Waals surface area contributed by atoms with Gasteiger partial charge in [0.15, 0.2) is 0 Å². The summed E-state index contributed by atoms with van der Waals surface area (Å²) in [5.41, 5.74) is 1.92. The predicted molar refractivity (Wildman–Crippen MR) is 84.4 cm³/mol. The van der Waals surface area contributed by atoms with Crippen molar-refractivity contribution in [1.29, 1.82) is 0 Å². The lowest BCUT2D eigenvalue weighted by atomic mass is 9.85. The third-order valence-corrected chi connectivity index (χ3v) is 4.41. The van der Waals surface area contributed by atoms with Gasteiger partial charge in [-0.05, 0) is 25.7 Å². The average molecular weight is 295 g/mol. The molecule has 1 aromatic rings. The molecule has 0 spiro atoms. The maximum atomic E-state index is 10.1.